The normalized spacial score (nSPS) is 16.5. The maximum absolute atomic E-state index is 13.9. The summed E-state index contributed by atoms with van der Waals surface area (Å²) in [6.45, 7) is 1.88. The average Bonchev–Trinajstić information content (AvgIpc) is 3.30. The summed E-state index contributed by atoms with van der Waals surface area (Å²) in [4.78, 5) is 33.2. The van der Waals surface area contributed by atoms with Crippen molar-refractivity contribution in [2.75, 3.05) is 31.2 Å². The van der Waals surface area contributed by atoms with Gasteiger partial charge in [-0.15, -0.1) is 0 Å². The highest BCUT2D eigenvalue weighted by Crippen LogP contribution is 2.43. The molecule has 2 fully saturated rings. The van der Waals surface area contributed by atoms with Crippen molar-refractivity contribution in [3.05, 3.63) is 74.1 Å². The highest BCUT2D eigenvalue weighted by atomic mass is 35.5. The molecular formula is C24H20ClF2N5O3. The minimum Gasteiger partial charge on any atom is -0.381 e. The number of nitriles is 1. The zero-order valence-electron chi connectivity index (χ0n) is 18.5. The third kappa shape index (κ3) is 4.00. The lowest BCUT2D eigenvalue weighted by Crippen LogP contribution is -2.59. The van der Waals surface area contributed by atoms with Crippen LogP contribution in [0.5, 0.6) is 0 Å². The molecule has 11 heteroatoms. The van der Waals surface area contributed by atoms with Crippen molar-refractivity contribution in [1.82, 2.24) is 14.1 Å². The zero-order valence-corrected chi connectivity index (χ0v) is 19.2. The molecule has 2 saturated heterocycles. The minimum absolute atomic E-state index is 0.0519. The van der Waals surface area contributed by atoms with Crippen molar-refractivity contribution in [3.63, 3.8) is 0 Å². The van der Waals surface area contributed by atoms with Gasteiger partial charge in [-0.2, -0.15) is 5.26 Å². The van der Waals surface area contributed by atoms with Crippen molar-refractivity contribution >= 4 is 17.4 Å². The summed E-state index contributed by atoms with van der Waals surface area (Å²) < 4.78 is 34.7. The molecule has 1 aromatic carbocycles. The summed E-state index contributed by atoms with van der Waals surface area (Å²) >= 11 is 6.05. The van der Waals surface area contributed by atoms with E-state index in [0.29, 0.717) is 26.3 Å². The first kappa shape index (κ1) is 23.2. The van der Waals surface area contributed by atoms with Crippen LogP contribution in [0.3, 0.4) is 0 Å². The number of alkyl halides is 2. The molecule has 0 N–H and O–H groups in total. The molecule has 0 saturated carbocycles. The molecule has 0 aliphatic carbocycles. The molecule has 0 radical (unpaired) electrons. The molecule has 1 spiro atoms. The van der Waals surface area contributed by atoms with Crippen LogP contribution in [0.1, 0.15) is 18.4 Å². The van der Waals surface area contributed by atoms with E-state index in [0.717, 1.165) is 11.0 Å². The lowest BCUT2D eigenvalue weighted by molar-refractivity contribution is 0.130. The number of pyridine rings is 1. The van der Waals surface area contributed by atoms with E-state index in [9.17, 15) is 23.6 Å². The van der Waals surface area contributed by atoms with Crippen LogP contribution in [0.2, 0.25) is 5.02 Å². The fourth-order valence-electron chi connectivity index (χ4n) is 4.83. The number of benzene rings is 1. The Labute approximate surface area is 203 Å². The molecule has 4 heterocycles. The summed E-state index contributed by atoms with van der Waals surface area (Å²) in [5, 5.41) is 9.74. The molecular weight excluding hydrogens is 480 g/mol. The van der Waals surface area contributed by atoms with Crippen molar-refractivity contribution in [2.45, 2.75) is 19.4 Å². The topological polar surface area (TPSA) is 93.2 Å². The first-order valence-electron chi connectivity index (χ1n) is 10.9. The number of nitrogens with zero attached hydrogens (tertiary/aromatic N) is 5. The van der Waals surface area contributed by atoms with Gasteiger partial charge in [0, 0.05) is 36.9 Å². The van der Waals surface area contributed by atoms with Crippen LogP contribution in [0.4, 0.5) is 14.6 Å². The molecule has 180 valence electrons. The van der Waals surface area contributed by atoms with Gasteiger partial charge in [-0.05, 0) is 24.1 Å². The van der Waals surface area contributed by atoms with Gasteiger partial charge in [0.15, 0.2) is 0 Å². The first-order valence-corrected chi connectivity index (χ1v) is 11.3. The van der Waals surface area contributed by atoms with Gasteiger partial charge < -0.3 is 9.64 Å². The predicted octanol–water partition coefficient (Wildman–Crippen LogP) is 3.40. The van der Waals surface area contributed by atoms with Crippen LogP contribution in [0.25, 0.3) is 16.8 Å². The smallest absolute Gasteiger partial charge is 0.338 e. The number of halogens is 3. The molecule has 2 aliphatic rings. The number of ether oxygens (including phenoxy) is 1. The van der Waals surface area contributed by atoms with Gasteiger partial charge in [0.2, 0.25) is 0 Å². The van der Waals surface area contributed by atoms with Crippen LogP contribution in [0.15, 0.2) is 52.3 Å². The van der Waals surface area contributed by atoms with Gasteiger partial charge >= 0.3 is 5.69 Å². The summed E-state index contributed by atoms with van der Waals surface area (Å²) in [6, 6.07) is 8.88. The summed E-state index contributed by atoms with van der Waals surface area (Å²) in [5.41, 5.74) is -1.42. The Morgan fingerprint density at radius 2 is 2.03 bits per heavy atom. The van der Waals surface area contributed by atoms with Gasteiger partial charge in [0.1, 0.15) is 12.4 Å². The van der Waals surface area contributed by atoms with Gasteiger partial charge in [0.05, 0.1) is 35.1 Å². The molecule has 0 bridgehead atoms. The average molecular weight is 500 g/mol. The molecule has 0 amide bonds. The number of rotatable bonds is 5. The molecule has 3 aromatic rings. The van der Waals surface area contributed by atoms with E-state index in [1.165, 1.54) is 41.2 Å². The van der Waals surface area contributed by atoms with Crippen molar-refractivity contribution in [3.8, 4) is 22.9 Å². The molecule has 8 nitrogen and oxygen atoms in total. The fourth-order valence-corrected chi connectivity index (χ4v) is 5.00. The van der Waals surface area contributed by atoms with Gasteiger partial charge in [-0.25, -0.2) is 18.1 Å². The lowest BCUT2D eigenvalue weighted by Gasteiger charge is -2.49. The van der Waals surface area contributed by atoms with E-state index in [1.54, 1.807) is 6.07 Å². The van der Waals surface area contributed by atoms with Gasteiger partial charge in [-0.1, -0.05) is 29.8 Å². The number of hydrogen-bond donors (Lipinski definition) is 0. The number of hydrogen-bond acceptors (Lipinski definition) is 6. The molecule has 0 atom stereocenters. The van der Waals surface area contributed by atoms with Crippen molar-refractivity contribution in [2.24, 2.45) is 5.41 Å². The number of anilines is 1. The van der Waals surface area contributed by atoms with Crippen LogP contribution in [-0.2, 0) is 11.3 Å². The third-order valence-electron chi connectivity index (χ3n) is 6.46. The highest BCUT2D eigenvalue weighted by molar-refractivity contribution is 6.30. The van der Waals surface area contributed by atoms with E-state index in [2.05, 4.69) is 4.98 Å². The standard InChI is InChI=1S/C24H20ClF2N5O3/c25-17-9-18(11-29-10-17)32-22(33)19(15-2-1-3-16(8-15)20(26)27)21(31(6-5-28)23(32)34)30-12-24(13-30)4-7-35-14-24/h1-3,8-11,20H,4,6-7,12-14H2. The van der Waals surface area contributed by atoms with Crippen molar-refractivity contribution < 1.29 is 13.5 Å². The largest absolute Gasteiger partial charge is 0.381 e. The number of aromatic nitrogens is 3. The monoisotopic (exact) mass is 499 g/mol. The summed E-state index contributed by atoms with van der Waals surface area (Å²) in [6.07, 6.45) is 0.756. The van der Waals surface area contributed by atoms with E-state index in [1.807, 2.05) is 11.0 Å². The Kier molecular flexibility index (Phi) is 5.91. The SMILES string of the molecule is N#CCn1c(N2CC3(CCOC3)C2)c(-c2cccc(C(F)F)c2)c(=O)n(-c2cncc(Cl)c2)c1=O. The summed E-state index contributed by atoms with van der Waals surface area (Å²) in [7, 11) is 0. The lowest BCUT2D eigenvalue weighted by atomic mass is 9.79. The van der Waals surface area contributed by atoms with Gasteiger partial charge in [-0.3, -0.25) is 14.3 Å². The van der Waals surface area contributed by atoms with Crippen LogP contribution >= 0.6 is 11.6 Å². The summed E-state index contributed by atoms with van der Waals surface area (Å²) in [5.74, 6) is 0.233. The Bertz CT molecular complexity index is 1450. The second-order valence-corrected chi connectivity index (χ2v) is 9.25. The Hall–Kier alpha value is -3.55. The Balaban J connectivity index is 1.80. The van der Waals surface area contributed by atoms with Crippen LogP contribution in [-0.4, -0.2) is 40.4 Å². The first-order chi connectivity index (χ1) is 16.8. The van der Waals surface area contributed by atoms with Crippen LogP contribution in [0, 0.1) is 16.7 Å². The van der Waals surface area contributed by atoms with E-state index < -0.39 is 17.7 Å². The van der Waals surface area contributed by atoms with E-state index in [4.69, 9.17) is 16.3 Å². The molecule has 0 unspecified atom stereocenters. The second kappa shape index (κ2) is 8.91. The minimum atomic E-state index is -2.74. The van der Waals surface area contributed by atoms with Crippen molar-refractivity contribution in [1.29, 1.82) is 5.26 Å². The second-order valence-electron chi connectivity index (χ2n) is 8.81. The quantitative estimate of drug-likeness (QED) is 0.534. The van der Waals surface area contributed by atoms with Crippen LogP contribution < -0.4 is 16.1 Å². The fraction of sp³-hybridized carbons (Fsp3) is 0.333. The van der Waals surface area contributed by atoms with E-state index in [-0.39, 0.29) is 45.2 Å². The Morgan fingerprint density at radius 3 is 2.69 bits per heavy atom. The molecule has 2 aliphatic heterocycles. The zero-order chi connectivity index (χ0) is 24.7. The predicted molar refractivity (Wildman–Crippen MR) is 125 cm³/mol. The molecule has 2 aromatic heterocycles. The van der Waals surface area contributed by atoms with Gasteiger partial charge in [0.25, 0.3) is 12.0 Å². The molecule has 5 rings (SSSR count). The Morgan fingerprint density at radius 1 is 1.23 bits per heavy atom. The highest BCUT2D eigenvalue weighted by Gasteiger charge is 2.47. The molecule has 35 heavy (non-hydrogen) atoms. The maximum atomic E-state index is 13.9. The van der Waals surface area contributed by atoms with E-state index >= 15 is 0 Å². The third-order valence-corrected chi connectivity index (χ3v) is 6.67. The maximum Gasteiger partial charge on any atom is 0.338 e.